The molecule has 1 aromatic rings. The summed E-state index contributed by atoms with van der Waals surface area (Å²) in [6.45, 7) is 5.27. The lowest BCUT2D eigenvalue weighted by atomic mass is 10.1. The van der Waals surface area contributed by atoms with Crippen molar-refractivity contribution < 1.29 is 18.0 Å². The predicted octanol–water partition coefficient (Wildman–Crippen LogP) is 1.04. The molecule has 0 unspecified atom stereocenters. The molecular weight excluding hydrogens is 354 g/mol. The first-order valence-corrected chi connectivity index (χ1v) is 9.19. The number of nitrogens with one attached hydrogen (secondary N) is 3. The second kappa shape index (κ2) is 8.46. The lowest BCUT2D eigenvalue weighted by Crippen LogP contribution is -2.46. The Bertz CT molecular complexity index is 682. The van der Waals surface area contributed by atoms with E-state index in [1.165, 1.54) is 24.3 Å². The molecule has 0 saturated carbocycles. The Morgan fingerprint density at radius 2 is 1.67 bits per heavy atom. The van der Waals surface area contributed by atoms with Gasteiger partial charge in [0.25, 0.3) is 0 Å². The van der Waals surface area contributed by atoms with E-state index in [1.807, 2.05) is 20.8 Å². The minimum Gasteiger partial charge on any atom is -0.350 e. The number of rotatable bonds is 7. The number of sulfonamides is 1. The molecule has 0 bridgehead atoms. The summed E-state index contributed by atoms with van der Waals surface area (Å²) in [6.07, 6.45) is -0.0738. The monoisotopic (exact) mass is 375 g/mol. The van der Waals surface area contributed by atoms with Gasteiger partial charge in [-0.3, -0.25) is 9.59 Å². The average Bonchev–Trinajstić information content (AvgIpc) is 2.43. The summed E-state index contributed by atoms with van der Waals surface area (Å²) in [6, 6.07) is 5.69. The fourth-order valence-corrected chi connectivity index (χ4v) is 2.88. The topological polar surface area (TPSA) is 104 Å². The summed E-state index contributed by atoms with van der Waals surface area (Å²) in [5.41, 5.74) is -0.379. The first kappa shape index (κ1) is 20.4. The van der Waals surface area contributed by atoms with Gasteiger partial charge < -0.3 is 10.6 Å². The van der Waals surface area contributed by atoms with Crippen molar-refractivity contribution in [2.75, 3.05) is 13.1 Å². The van der Waals surface area contributed by atoms with Crippen molar-refractivity contribution in [3.8, 4) is 0 Å². The van der Waals surface area contributed by atoms with Crippen LogP contribution in [0.25, 0.3) is 0 Å². The van der Waals surface area contributed by atoms with E-state index < -0.39 is 15.9 Å². The summed E-state index contributed by atoms with van der Waals surface area (Å²) < 4.78 is 26.3. The second-order valence-corrected chi connectivity index (χ2v) is 8.38. The molecule has 9 heteroatoms. The van der Waals surface area contributed by atoms with Gasteiger partial charge in [-0.15, -0.1) is 0 Å². The van der Waals surface area contributed by atoms with Crippen molar-refractivity contribution in [2.45, 2.75) is 37.6 Å². The molecule has 0 atom stereocenters. The molecule has 0 spiro atoms. The Kier molecular flexibility index (Phi) is 7.19. The molecular formula is C15H22ClN3O4S. The van der Waals surface area contributed by atoms with Gasteiger partial charge in [0, 0.05) is 23.5 Å². The van der Waals surface area contributed by atoms with Crippen molar-refractivity contribution in [3.05, 3.63) is 29.3 Å². The van der Waals surface area contributed by atoms with Gasteiger partial charge in [0.1, 0.15) is 0 Å². The number of halogens is 1. The van der Waals surface area contributed by atoms with Gasteiger partial charge in [0.15, 0.2) is 0 Å². The van der Waals surface area contributed by atoms with Gasteiger partial charge in [-0.2, -0.15) is 0 Å². The van der Waals surface area contributed by atoms with E-state index in [1.54, 1.807) is 0 Å². The number of carbonyl (C=O) groups excluding carboxylic acids is 2. The average molecular weight is 376 g/mol. The van der Waals surface area contributed by atoms with Crippen LogP contribution >= 0.6 is 11.6 Å². The Labute approximate surface area is 147 Å². The van der Waals surface area contributed by atoms with Crippen LogP contribution in [0.2, 0.25) is 5.02 Å². The maximum Gasteiger partial charge on any atom is 0.240 e. The molecule has 0 aliphatic heterocycles. The van der Waals surface area contributed by atoms with Crippen LogP contribution in [0, 0.1) is 0 Å². The SMILES string of the molecule is CC(C)(C)NC(=O)CNC(=O)CCNS(=O)(=O)c1ccc(Cl)cc1. The summed E-state index contributed by atoms with van der Waals surface area (Å²) in [5.74, 6) is -0.726. The highest BCUT2D eigenvalue weighted by atomic mass is 35.5. The standard InChI is InChI=1S/C15H22ClN3O4S/c1-15(2,3)19-14(21)10-17-13(20)8-9-18-24(22,23)12-6-4-11(16)5-7-12/h4-7,18H,8-10H2,1-3H3,(H,17,20)(H,19,21). The number of amides is 2. The molecule has 7 nitrogen and oxygen atoms in total. The van der Waals surface area contributed by atoms with Gasteiger partial charge in [-0.1, -0.05) is 11.6 Å². The Balaban J connectivity index is 2.37. The van der Waals surface area contributed by atoms with E-state index in [4.69, 9.17) is 11.6 Å². The maximum absolute atomic E-state index is 12.0. The van der Waals surface area contributed by atoms with Crippen LogP contribution in [0.3, 0.4) is 0 Å². The molecule has 0 fully saturated rings. The highest BCUT2D eigenvalue weighted by Crippen LogP contribution is 2.13. The number of hydrogen-bond acceptors (Lipinski definition) is 4. The van der Waals surface area contributed by atoms with Crippen LogP contribution in [-0.2, 0) is 19.6 Å². The van der Waals surface area contributed by atoms with Crippen LogP contribution in [0.5, 0.6) is 0 Å². The predicted molar refractivity (Wildman–Crippen MR) is 92.2 cm³/mol. The van der Waals surface area contributed by atoms with Gasteiger partial charge in [-0.05, 0) is 45.0 Å². The molecule has 0 saturated heterocycles. The van der Waals surface area contributed by atoms with Crippen molar-refractivity contribution in [1.29, 1.82) is 0 Å². The van der Waals surface area contributed by atoms with Gasteiger partial charge in [0.2, 0.25) is 21.8 Å². The Morgan fingerprint density at radius 1 is 1.08 bits per heavy atom. The molecule has 0 aliphatic carbocycles. The lowest BCUT2D eigenvalue weighted by Gasteiger charge is -2.20. The summed E-state index contributed by atoms with van der Waals surface area (Å²) >= 11 is 5.71. The minimum atomic E-state index is -3.70. The third-order valence-corrected chi connectivity index (χ3v) is 4.46. The van der Waals surface area contributed by atoms with Crippen LogP contribution < -0.4 is 15.4 Å². The van der Waals surface area contributed by atoms with Crippen molar-refractivity contribution in [2.24, 2.45) is 0 Å². The van der Waals surface area contributed by atoms with E-state index in [9.17, 15) is 18.0 Å². The fourth-order valence-electron chi connectivity index (χ4n) is 1.73. The van der Waals surface area contributed by atoms with Crippen molar-refractivity contribution in [3.63, 3.8) is 0 Å². The van der Waals surface area contributed by atoms with Crippen LogP contribution in [0.1, 0.15) is 27.2 Å². The third-order valence-electron chi connectivity index (χ3n) is 2.73. The van der Waals surface area contributed by atoms with Crippen molar-refractivity contribution >= 4 is 33.4 Å². The fraction of sp³-hybridized carbons (Fsp3) is 0.467. The first-order valence-electron chi connectivity index (χ1n) is 7.32. The minimum absolute atomic E-state index is 0.0665. The van der Waals surface area contributed by atoms with Gasteiger partial charge in [-0.25, -0.2) is 13.1 Å². The van der Waals surface area contributed by atoms with E-state index in [0.29, 0.717) is 5.02 Å². The molecule has 2 amide bonds. The number of carbonyl (C=O) groups is 2. The highest BCUT2D eigenvalue weighted by Gasteiger charge is 2.16. The summed E-state index contributed by atoms with van der Waals surface area (Å²) in [4.78, 5) is 23.3. The third kappa shape index (κ3) is 7.76. The summed E-state index contributed by atoms with van der Waals surface area (Å²) in [5, 5.41) is 5.57. The Morgan fingerprint density at radius 3 is 2.21 bits per heavy atom. The smallest absolute Gasteiger partial charge is 0.240 e. The molecule has 134 valence electrons. The van der Waals surface area contributed by atoms with Crippen LogP contribution in [0.4, 0.5) is 0 Å². The molecule has 0 radical (unpaired) electrons. The second-order valence-electron chi connectivity index (χ2n) is 6.18. The van der Waals surface area contributed by atoms with Crippen LogP contribution in [-0.4, -0.2) is 38.9 Å². The zero-order valence-electron chi connectivity index (χ0n) is 13.8. The Hall–Kier alpha value is -1.64. The van der Waals surface area contributed by atoms with E-state index in [-0.39, 0.29) is 35.9 Å². The lowest BCUT2D eigenvalue weighted by molar-refractivity contribution is -0.126. The maximum atomic E-state index is 12.0. The zero-order valence-corrected chi connectivity index (χ0v) is 15.4. The quantitative estimate of drug-likeness (QED) is 0.662. The summed E-state index contributed by atoms with van der Waals surface area (Å²) in [7, 11) is -3.70. The molecule has 1 aromatic carbocycles. The van der Waals surface area contributed by atoms with Gasteiger partial charge in [0.05, 0.1) is 11.4 Å². The highest BCUT2D eigenvalue weighted by molar-refractivity contribution is 7.89. The molecule has 24 heavy (non-hydrogen) atoms. The largest absolute Gasteiger partial charge is 0.350 e. The number of benzene rings is 1. The first-order chi connectivity index (χ1) is 11.0. The van der Waals surface area contributed by atoms with Crippen molar-refractivity contribution in [1.82, 2.24) is 15.4 Å². The van der Waals surface area contributed by atoms with E-state index >= 15 is 0 Å². The molecule has 3 N–H and O–H groups in total. The normalized spacial score (nSPS) is 11.8. The molecule has 0 heterocycles. The van der Waals surface area contributed by atoms with E-state index in [2.05, 4.69) is 15.4 Å². The molecule has 0 aromatic heterocycles. The molecule has 0 aliphatic rings. The zero-order chi connectivity index (χ0) is 18.4. The van der Waals surface area contributed by atoms with Crippen LogP contribution in [0.15, 0.2) is 29.2 Å². The molecule has 1 rings (SSSR count). The van der Waals surface area contributed by atoms with E-state index in [0.717, 1.165) is 0 Å². The van der Waals surface area contributed by atoms with Gasteiger partial charge >= 0.3 is 0 Å². The number of hydrogen-bond donors (Lipinski definition) is 3.